The van der Waals surface area contributed by atoms with E-state index in [0.717, 1.165) is 18.4 Å². The summed E-state index contributed by atoms with van der Waals surface area (Å²) < 4.78 is 27.9. The molecule has 1 aliphatic carbocycles. The molecule has 0 heterocycles. The van der Waals surface area contributed by atoms with E-state index in [1.807, 2.05) is 0 Å². The fourth-order valence-electron chi connectivity index (χ4n) is 2.76. The van der Waals surface area contributed by atoms with Crippen LogP contribution in [0.3, 0.4) is 0 Å². The van der Waals surface area contributed by atoms with Crippen molar-refractivity contribution < 1.29 is 13.2 Å². The summed E-state index contributed by atoms with van der Waals surface area (Å²) in [6.45, 7) is 2.07. The second-order valence-corrected chi connectivity index (χ2v) is 6.88. The molecule has 1 aliphatic rings. The lowest BCUT2D eigenvalue weighted by atomic mass is 10.1. The van der Waals surface area contributed by atoms with E-state index < -0.39 is 10.0 Å². The maximum absolute atomic E-state index is 11.2. The van der Waals surface area contributed by atoms with Crippen LogP contribution in [0.5, 0.6) is 0 Å². The predicted molar refractivity (Wildman–Crippen MR) is 77.8 cm³/mol. The maximum Gasteiger partial charge on any atom is 0.238 e. The van der Waals surface area contributed by atoms with Crippen molar-refractivity contribution in [1.82, 2.24) is 5.32 Å². The second-order valence-electron chi connectivity index (χ2n) is 5.31. The van der Waals surface area contributed by atoms with E-state index in [1.165, 1.54) is 6.42 Å². The van der Waals surface area contributed by atoms with E-state index in [9.17, 15) is 8.42 Å². The molecule has 6 heteroatoms. The summed E-state index contributed by atoms with van der Waals surface area (Å²) in [5.41, 5.74) is 1.04. The van der Waals surface area contributed by atoms with Gasteiger partial charge >= 0.3 is 0 Å². The van der Waals surface area contributed by atoms with Crippen LogP contribution in [0.4, 0.5) is 0 Å². The number of nitrogens with two attached hydrogens (primary N) is 1. The van der Waals surface area contributed by atoms with Crippen molar-refractivity contribution in [2.75, 3.05) is 7.11 Å². The molecular formula is C14H22N2O3S. The van der Waals surface area contributed by atoms with Gasteiger partial charge in [0.15, 0.2) is 0 Å². The Hall–Kier alpha value is -0.950. The fraction of sp³-hybridized carbons (Fsp3) is 0.571. The summed E-state index contributed by atoms with van der Waals surface area (Å²) in [7, 11) is -1.87. The molecule has 0 spiro atoms. The number of ether oxygens (including phenoxy) is 1. The molecule has 0 bridgehead atoms. The van der Waals surface area contributed by atoms with Crippen molar-refractivity contribution in [3.63, 3.8) is 0 Å². The van der Waals surface area contributed by atoms with E-state index >= 15 is 0 Å². The lowest BCUT2D eigenvalue weighted by molar-refractivity contribution is 0.0820. The number of hydrogen-bond acceptors (Lipinski definition) is 4. The first-order chi connectivity index (χ1) is 9.41. The molecule has 1 aromatic carbocycles. The maximum atomic E-state index is 11.2. The lowest BCUT2D eigenvalue weighted by Gasteiger charge is -2.24. The van der Waals surface area contributed by atoms with Crippen molar-refractivity contribution in [3.8, 4) is 0 Å². The standard InChI is InChI=1S/C14H22N2O3S/c1-10(16-13-4-3-5-14(13)19-2)11-6-8-12(9-7-11)20(15,17)18/h6-10,13-14,16H,3-5H2,1-2H3,(H2,15,17,18). The number of hydrogen-bond donors (Lipinski definition) is 2. The van der Waals surface area contributed by atoms with Gasteiger partial charge in [0, 0.05) is 19.2 Å². The van der Waals surface area contributed by atoms with Crippen LogP contribution in [0.1, 0.15) is 37.8 Å². The molecule has 3 unspecified atom stereocenters. The molecular weight excluding hydrogens is 276 g/mol. The number of primary sulfonamides is 1. The van der Waals surface area contributed by atoms with Crippen LogP contribution in [0, 0.1) is 0 Å². The minimum Gasteiger partial charge on any atom is -0.380 e. The van der Waals surface area contributed by atoms with Gasteiger partial charge in [-0.15, -0.1) is 0 Å². The normalized spacial score (nSPS) is 24.8. The van der Waals surface area contributed by atoms with Crippen LogP contribution < -0.4 is 10.5 Å². The Labute approximate surface area is 120 Å². The summed E-state index contributed by atoms with van der Waals surface area (Å²) in [5, 5.41) is 8.64. The van der Waals surface area contributed by atoms with E-state index in [2.05, 4.69) is 12.2 Å². The molecule has 1 fully saturated rings. The first kappa shape index (κ1) is 15.4. The Morgan fingerprint density at radius 2 is 1.95 bits per heavy atom. The predicted octanol–water partition coefficient (Wildman–Crippen LogP) is 1.55. The largest absolute Gasteiger partial charge is 0.380 e. The molecule has 112 valence electrons. The first-order valence-electron chi connectivity index (χ1n) is 6.83. The molecule has 0 aromatic heterocycles. The van der Waals surface area contributed by atoms with E-state index in [1.54, 1.807) is 31.4 Å². The minimum atomic E-state index is -3.62. The highest BCUT2D eigenvalue weighted by Crippen LogP contribution is 2.25. The highest BCUT2D eigenvalue weighted by molar-refractivity contribution is 7.89. The van der Waals surface area contributed by atoms with Crippen LogP contribution >= 0.6 is 0 Å². The van der Waals surface area contributed by atoms with Gasteiger partial charge in [0.2, 0.25) is 10.0 Å². The Morgan fingerprint density at radius 1 is 1.30 bits per heavy atom. The van der Waals surface area contributed by atoms with E-state index in [4.69, 9.17) is 9.88 Å². The molecule has 1 saturated carbocycles. The van der Waals surface area contributed by atoms with Crippen molar-refractivity contribution in [2.24, 2.45) is 5.14 Å². The molecule has 20 heavy (non-hydrogen) atoms. The number of benzene rings is 1. The Morgan fingerprint density at radius 3 is 2.50 bits per heavy atom. The molecule has 2 rings (SSSR count). The summed E-state index contributed by atoms with van der Waals surface area (Å²) >= 11 is 0. The first-order valence-corrected chi connectivity index (χ1v) is 8.38. The highest BCUT2D eigenvalue weighted by Gasteiger charge is 2.28. The molecule has 0 aliphatic heterocycles. The summed E-state index contributed by atoms with van der Waals surface area (Å²) in [6.07, 6.45) is 3.64. The SMILES string of the molecule is COC1CCCC1NC(C)c1ccc(S(N)(=O)=O)cc1. The van der Waals surface area contributed by atoms with Gasteiger partial charge in [-0.25, -0.2) is 13.6 Å². The smallest absolute Gasteiger partial charge is 0.238 e. The van der Waals surface area contributed by atoms with Gasteiger partial charge in [0.1, 0.15) is 0 Å². The number of nitrogens with one attached hydrogen (secondary N) is 1. The van der Waals surface area contributed by atoms with Crippen LogP contribution in [0.2, 0.25) is 0 Å². The number of sulfonamides is 1. The van der Waals surface area contributed by atoms with Crippen molar-refractivity contribution in [1.29, 1.82) is 0 Å². The van der Waals surface area contributed by atoms with Gasteiger partial charge in [0.25, 0.3) is 0 Å². The number of rotatable bonds is 5. The zero-order chi connectivity index (χ0) is 14.8. The minimum absolute atomic E-state index is 0.143. The fourth-order valence-corrected chi connectivity index (χ4v) is 3.28. The molecule has 0 amide bonds. The van der Waals surface area contributed by atoms with Gasteiger partial charge in [-0.05, 0) is 43.9 Å². The van der Waals surface area contributed by atoms with Crippen LogP contribution in [0.15, 0.2) is 29.2 Å². The van der Waals surface area contributed by atoms with Crippen LogP contribution in [-0.2, 0) is 14.8 Å². The van der Waals surface area contributed by atoms with Crippen molar-refractivity contribution in [3.05, 3.63) is 29.8 Å². The van der Waals surface area contributed by atoms with Gasteiger partial charge < -0.3 is 10.1 Å². The van der Waals surface area contributed by atoms with Crippen molar-refractivity contribution >= 4 is 10.0 Å². The van der Waals surface area contributed by atoms with Gasteiger partial charge in [-0.1, -0.05) is 12.1 Å². The Bertz CT molecular complexity index is 542. The van der Waals surface area contributed by atoms with Gasteiger partial charge in [-0.3, -0.25) is 0 Å². The zero-order valence-corrected chi connectivity index (χ0v) is 12.7. The van der Waals surface area contributed by atoms with Crippen molar-refractivity contribution in [2.45, 2.75) is 49.3 Å². The summed E-state index contributed by atoms with van der Waals surface area (Å²) in [5.74, 6) is 0. The Kier molecular flexibility index (Phi) is 4.80. The van der Waals surface area contributed by atoms with Gasteiger partial charge in [-0.2, -0.15) is 0 Å². The van der Waals surface area contributed by atoms with E-state index in [-0.39, 0.29) is 17.0 Å². The summed E-state index contributed by atoms with van der Waals surface area (Å²) in [6, 6.07) is 7.19. The Balaban J connectivity index is 2.04. The average molecular weight is 298 g/mol. The third-order valence-corrected chi connectivity index (χ3v) is 4.86. The summed E-state index contributed by atoms with van der Waals surface area (Å²) in [4.78, 5) is 0.143. The molecule has 3 atom stereocenters. The monoisotopic (exact) mass is 298 g/mol. The number of methoxy groups -OCH3 is 1. The topological polar surface area (TPSA) is 81.4 Å². The second kappa shape index (κ2) is 6.22. The zero-order valence-electron chi connectivity index (χ0n) is 11.9. The lowest BCUT2D eigenvalue weighted by Crippen LogP contribution is -2.38. The van der Waals surface area contributed by atoms with Crippen LogP contribution in [-0.4, -0.2) is 27.7 Å². The highest BCUT2D eigenvalue weighted by atomic mass is 32.2. The molecule has 5 nitrogen and oxygen atoms in total. The third-order valence-electron chi connectivity index (χ3n) is 3.93. The average Bonchev–Trinajstić information content (AvgIpc) is 2.85. The molecule has 0 saturated heterocycles. The quantitative estimate of drug-likeness (QED) is 0.864. The van der Waals surface area contributed by atoms with Gasteiger partial charge in [0.05, 0.1) is 11.0 Å². The third kappa shape index (κ3) is 3.58. The van der Waals surface area contributed by atoms with Crippen LogP contribution in [0.25, 0.3) is 0 Å². The molecule has 3 N–H and O–H groups in total. The molecule has 0 radical (unpaired) electrons. The molecule has 1 aromatic rings. The van der Waals surface area contributed by atoms with E-state index in [0.29, 0.717) is 6.04 Å².